The van der Waals surface area contributed by atoms with Gasteiger partial charge in [-0.3, -0.25) is 9.59 Å². The molecule has 0 aliphatic rings. The van der Waals surface area contributed by atoms with Crippen molar-refractivity contribution >= 4 is 11.8 Å². The smallest absolute Gasteiger partial charge is 0.234 e. The normalized spacial score (nSPS) is 9.60. The summed E-state index contributed by atoms with van der Waals surface area (Å²) in [6.07, 6.45) is 0.893. The molecule has 5 heteroatoms. The van der Waals surface area contributed by atoms with E-state index in [1.807, 2.05) is 31.2 Å². The Morgan fingerprint density at radius 1 is 1.15 bits per heavy atom. The van der Waals surface area contributed by atoms with Crippen LogP contribution in [0.1, 0.15) is 24.0 Å². The van der Waals surface area contributed by atoms with E-state index in [2.05, 4.69) is 10.6 Å². The van der Waals surface area contributed by atoms with Crippen LogP contribution in [0.5, 0.6) is 0 Å². The first-order chi connectivity index (χ1) is 9.63. The standard InChI is InChI=1S/C15H19N3O2/c1-12-5-2-3-6-13(12)11-15(20)18-10-4-9-17-14(19)7-8-16/h2-3,5-6H,4,7,9-11H2,1H3,(H,17,19)(H,18,20). The average molecular weight is 273 g/mol. The van der Waals surface area contributed by atoms with Crippen LogP contribution in [0.25, 0.3) is 0 Å². The van der Waals surface area contributed by atoms with Gasteiger partial charge in [0, 0.05) is 13.1 Å². The van der Waals surface area contributed by atoms with Gasteiger partial charge in [-0.05, 0) is 24.5 Å². The first kappa shape index (κ1) is 15.7. The van der Waals surface area contributed by atoms with Gasteiger partial charge in [-0.15, -0.1) is 0 Å². The SMILES string of the molecule is Cc1ccccc1CC(=O)NCCCNC(=O)CC#N. The van der Waals surface area contributed by atoms with Gasteiger partial charge in [0.25, 0.3) is 0 Å². The summed E-state index contributed by atoms with van der Waals surface area (Å²) in [6.45, 7) is 2.95. The highest BCUT2D eigenvalue weighted by Crippen LogP contribution is 2.07. The molecule has 0 saturated heterocycles. The van der Waals surface area contributed by atoms with Crippen molar-refractivity contribution in [3.63, 3.8) is 0 Å². The molecule has 5 nitrogen and oxygen atoms in total. The van der Waals surface area contributed by atoms with E-state index in [4.69, 9.17) is 5.26 Å². The van der Waals surface area contributed by atoms with Gasteiger partial charge in [0.1, 0.15) is 6.42 Å². The van der Waals surface area contributed by atoms with Crippen LogP contribution in [-0.2, 0) is 16.0 Å². The molecule has 0 aliphatic carbocycles. The number of nitrogens with one attached hydrogen (secondary N) is 2. The molecule has 2 N–H and O–H groups in total. The Balaban J connectivity index is 2.17. The Morgan fingerprint density at radius 3 is 2.45 bits per heavy atom. The monoisotopic (exact) mass is 273 g/mol. The summed E-state index contributed by atoms with van der Waals surface area (Å²) >= 11 is 0. The zero-order valence-electron chi connectivity index (χ0n) is 11.6. The third kappa shape index (κ3) is 6.01. The predicted octanol–water partition coefficient (Wildman–Crippen LogP) is 1.07. The summed E-state index contributed by atoms with van der Waals surface area (Å²) in [5, 5.41) is 13.7. The first-order valence-corrected chi connectivity index (χ1v) is 6.58. The van der Waals surface area contributed by atoms with Crippen LogP contribution in [0.2, 0.25) is 0 Å². The molecule has 0 bridgehead atoms. The topological polar surface area (TPSA) is 82.0 Å². The molecule has 0 spiro atoms. The maximum atomic E-state index is 11.7. The number of amides is 2. The fourth-order valence-electron chi connectivity index (χ4n) is 1.72. The van der Waals surface area contributed by atoms with Crippen molar-refractivity contribution in [2.24, 2.45) is 0 Å². The third-order valence-corrected chi connectivity index (χ3v) is 2.85. The molecule has 0 radical (unpaired) electrons. The van der Waals surface area contributed by atoms with Crippen molar-refractivity contribution in [3.8, 4) is 6.07 Å². The number of nitriles is 1. The maximum Gasteiger partial charge on any atom is 0.234 e. The number of benzene rings is 1. The van der Waals surface area contributed by atoms with Crippen molar-refractivity contribution in [1.82, 2.24) is 10.6 Å². The van der Waals surface area contributed by atoms with Gasteiger partial charge in [0.05, 0.1) is 12.5 Å². The highest BCUT2D eigenvalue weighted by Gasteiger charge is 2.05. The van der Waals surface area contributed by atoms with E-state index >= 15 is 0 Å². The minimum Gasteiger partial charge on any atom is -0.356 e. The largest absolute Gasteiger partial charge is 0.356 e. The molecule has 106 valence electrons. The summed E-state index contributed by atoms with van der Waals surface area (Å²) in [5.74, 6) is -0.304. The quantitative estimate of drug-likeness (QED) is 0.729. The van der Waals surface area contributed by atoms with Crippen molar-refractivity contribution in [1.29, 1.82) is 5.26 Å². The molecule has 0 heterocycles. The molecule has 20 heavy (non-hydrogen) atoms. The zero-order valence-corrected chi connectivity index (χ0v) is 11.6. The second-order valence-corrected chi connectivity index (χ2v) is 4.49. The minimum atomic E-state index is -0.279. The molecule has 0 atom stereocenters. The Labute approximate surface area is 119 Å². The number of hydrogen-bond donors (Lipinski definition) is 2. The van der Waals surface area contributed by atoms with Crippen LogP contribution in [0.4, 0.5) is 0 Å². The van der Waals surface area contributed by atoms with Gasteiger partial charge >= 0.3 is 0 Å². The molecular formula is C15H19N3O2. The number of carbonyl (C=O) groups is 2. The maximum absolute atomic E-state index is 11.7. The minimum absolute atomic E-state index is 0.0253. The fourth-order valence-corrected chi connectivity index (χ4v) is 1.72. The number of rotatable bonds is 7. The molecule has 0 saturated carbocycles. The van der Waals surface area contributed by atoms with E-state index < -0.39 is 0 Å². The van der Waals surface area contributed by atoms with E-state index in [1.54, 1.807) is 6.07 Å². The van der Waals surface area contributed by atoms with Crippen molar-refractivity contribution in [2.75, 3.05) is 13.1 Å². The lowest BCUT2D eigenvalue weighted by molar-refractivity contribution is -0.120. The van der Waals surface area contributed by atoms with Crippen molar-refractivity contribution < 1.29 is 9.59 Å². The molecule has 1 aromatic rings. The number of carbonyl (C=O) groups excluding carboxylic acids is 2. The van der Waals surface area contributed by atoms with Crippen LogP contribution in [0, 0.1) is 18.3 Å². The molecule has 2 amide bonds. The van der Waals surface area contributed by atoms with E-state index in [0.29, 0.717) is 25.9 Å². The summed E-state index contributed by atoms with van der Waals surface area (Å²) < 4.78 is 0. The third-order valence-electron chi connectivity index (χ3n) is 2.85. The van der Waals surface area contributed by atoms with Gasteiger partial charge in [0.2, 0.25) is 11.8 Å². The fraction of sp³-hybridized carbons (Fsp3) is 0.400. The molecular weight excluding hydrogens is 254 g/mol. The molecule has 0 aromatic heterocycles. The average Bonchev–Trinajstić information content (AvgIpc) is 2.41. The molecule has 0 aliphatic heterocycles. The van der Waals surface area contributed by atoms with Gasteiger partial charge in [-0.25, -0.2) is 0 Å². The van der Waals surface area contributed by atoms with Gasteiger partial charge < -0.3 is 10.6 Å². The number of hydrogen-bond acceptors (Lipinski definition) is 3. The lowest BCUT2D eigenvalue weighted by atomic mass is 10.1. The van der Waals surface area contributed by atoms with E-state index in [9.17, 15) is 9.59 Å². The van der Waals surface area contributed by atoms with E-state index in [-0.39, 0.29) is 18.2 Å². The summed E-state index contributed by atoms with van der Waals surface area (Å²) in [5.41, 5.74) is 2.12. The van der Waals surface area contributed by atoms with Crippen molar-refractivity contribution in [2.45, 2.75) is 26.2 Å². The van der Waals surface area contributed by atoms with Gasteiger partial charge in [-0.1, -0.05) is 24.3 Å². The molecule has 1 rings (SSSR count). The van der Waals surface area contributed by atoms with Crippen LogP contribution in [0.3, 0.4) is 0 Å². The molecule has 0 unspecified atom stereocenters. The highest BCUT2D eigenvalue weighted by atomic mass is 16.2. The number of aryl methyl sites for hydroxylation is 1. The van der Waals surface area contributed by atoms with E-state index in [0.717, 1.165) is 11.1 Å². The number of nitrogens with zero attached hydrogens (tertiary/aromatic N) is 1. The molecule has 0 fully saturated rings. The van der Waals surface area contributed by atoms with Crippen LogP contribution >= 0.6 is 0 Å². The Kier molecular flexibility index (Phi) is 6.83. The van der Waals surface area contributed by atoms with Crippen LogP contribution in [-0.4, -0.2) is 24.9 Å². The van der Waals surface area contributed by atoms with Crippen LogP contribution in [0.15, 0.2) is 24.3 Å². The summed E-state index contributed by atoms with van der Waals surface area (Å²) in [7, 11) is 0. The molecule has 1 aromatic carbocycles. The lowest BCUT2D eigenvalue weighted by Crippen LogP contribution is -2.30. The highest BCUT2D eigenvalue weighted by molar-refractivity contribution is 5.79. The summed E-state index contributed by atoms with van der Waals surface area (Å²) in [4.78, 5) is 22.7. The van der Waals surface area contributed by atoms with Crippen LogP contribution < -0.4 is 10.6 Å². The summed E-state index contributed by atoms with van der Waals surface area (Å²) in [6, 6.07) is 9.56. The Morgan fingerprint density at radius 2 is 1.80 bits per heavy atom. The second-order valence-electron chi connectivity index (χ2n) is 4.49. The van der Waals surface area contributed by atoms with Crippen molar-refractivity contribution in [3.05, 3.63) is 35.4 Å². The second kappa shape index (κ2) is 8.70. The predicted molar refractivity (Wildman–Crippen MR) is 75.7 cm³/mol. The zero-order chi connectivity index (χ0) is 14.8. The Hall–Kier alpha value is -2.35. The first-order valence-electron chi connectivity index (χ1n) is 6.58. The van der Waals surface area contributed by atoms with Gasteiger partial charge in [0.15, 0.2) is 0 Å². The lowest BCUT2D eigenvalue weighted by Gasteiger charge is -2.07. The van der Waals surface area contributed by atoms with Gasteiger partial charge in [-0.2, -0.15) is 5.26 Å². The Bertz CT molecular complexity index is 506. The van der Waals surface area contributed by atoms with E-state index in [1.165, 1.54) is 0 Å².